The summed E-state index contributed by atoms with van der Waals surface area (Å²) in [6.07, 6.45) is 5.88. The van der Waals surface area contributed by atoms with Crippen LogP contribution in [0.1, 0.15) is 72.9 Å². The highest BCUT2D eigenvalue weighted by atomic mass is 16.6. The van der Waals surface area contributed by atoms with Crippen LogP contribution in [0.4, 0.5) is 11.4 Å². The number of aryl methyl sites for hydroxylation is 2. The maximum absolute atomic E-state index is 11.8. The molecule has 0 unspecified atom stereocenters. The molecule has 5 heteroatoms. The van der Waals surface area contributed by atoms with Gasteiger partial charge in [-0.2, -0.15) is 0 Å². The van der Waals surface area contributed by atoms with E-state index in [1.807, 2.05) is 43.3 Å². The van der Waals surface area contributed by atoms with Gasteiger partial charge in [0.05, 0.1) is 16.2 Å². The van der Waals surface area contributed by atoms with Crippen LogP contribution in [-0.2, 0) is 11.2 Å². The van der Waals surface area contributed by atoms with Crippen LogP contribution in [0, 0.1) is 40.7 Å². The van der Waals surface area contributed by atoms with Crippen molar-refractivity contribution in [2.45, 2.75) is 52.9 Å². The Labute approximate surface area is 213 Å². The van der Waals surface area contributed by atoms with Crippen molar-refractivity contribution in [1.29, 1.82) is 0 Å². The number of carbonyl (C=O) groups is 1. The maximum Gasteiger partial charge on any atom is 0.286 e. The van der Waals surface area contributed by atoms with Crippen molar-refractivity contribution in [3.63, 3.8) is 0 Å². The van der Waals surface area contributed by atoms with Crippen LogP contribution >= 0.6 is 0 Å². The summed E-state index contributed by atoms with van der Waals surface area (Å²) < 4.78 is 0. The van der Waals surface area contributed by atoms with E-state index in [1.165, 1.54) is 43.9 Å². The fourth-order valence-corrected chi connectivity index (χ4v) is 3.66. The van der Waals surface area contributed by atoms with E-state index in [0.29, 0.717) is 11.3 Å². The van der Waals surface area contributed by atoms with Gasteiger partial charge in [-0.25, -0.2) is 0 Å². The largest absolute Gasteiger partial charge is 0.325 e. The van der Waals surface area contributed by atoms with Gasteiger partial charge >= 0.3 is 0 Å². The van der Waals surface area contributed by atoms with Crippen LogP contribution in [0.3, 0.4) is 0 Å². The molecular weight excluding hydrogens is 448 g/mol. The van der Waals surface area contributed by atoms with Crippen molar-refractivity contribution >= 4 is 17.3 Å². The predicted octanol–water partition coefficient (Wildman–Crippen LogP) is 6.78. The summed E-state index contributed by atoms with van der Waals surface area (Å²) in [4.78, 5) is 23.2. The maximum atomic E-state index is 11.8. The Morgan fingerprint density at radius 1 is 0.861 bits per heavy atom. The van der Waals surface area contributed by atoms with Crippen LogP contribution in [0.25, 0.3) is 0 Å². The third kappa shape index (κ3) is 7.86. The SMILES string of the molecule is CCCCCCc1ccc(C#Cc2cc(NC(C)=O)c(C#Cc3ccc(C)cc3)cc2[N+](=O)[O-])cc1. The second kappa shape index (κ2) is 12.9. The van der Waals surface area contributed by atoms with Gasteiger partial charge in [0.15, 0.2) is 0 Å². The van der Waals surface area contributed by atoms with Crippen molar-refractivity contribution in [1.82, 2.24) is 0 Å². The molecule has 1 amide bonds. The fraction of sp³-hybridized carbons (Fsp3) is 0.258. The second-order valence-corrected chi connectivity index (χ2v) is 8.73. The van der Waals surface area contributed by atoms with E-state index in [-0.39, 0.29) is 17.2 Å². The molecule has 3 aromatic carbocycles. The van der Waals surface area contributed by atoms with Gasteiger partial charge in [-0.05, 0) is 55.7 Å². The molecule has 0 aliphatic carbocycles. The molecule has 0 bridgehead atoms. The van der Waals surface area contributed by atoms with E-state index >= 15 is 0 Å². The molecule has 0 radical (unpaired) electrons. The standard InChI is InChI=1S/C31H30N2O3/c1-4-5-6-7-8-25-13-15-27(16-14-25)18-20-29-21-30(32-24(3)34)28(22-31(29)33(35)36)19-17-26-11-9-23(2)10-12-26/h9-16,21-22H,4-8H2,1-3H3,(H,32,34). The molecule has 36 heavy (non-hydrogen) atoms. The minimum absolute atomic E-state index is 0.155. The zero-order chi connectivity index (χ0) is 25.9. The number of nitro groups is 1. The number of nitrogens with one attached hydrogen (secondary N) is 1. The first kappa shape index (κ1) is 26.3. The molecule has 0 saturated heterocycles. The molecule has 3 aromatic rings. The van der Waals surface area contributed by atoms with Crippen molar-refractivity contribution < 1.29 is 9.72 Å². The smallest absolute Gasteiger partial charge is 0.286 e. The molecule has 3 rings (SSSR count). The summed E-state index contributed by atoms with van der Waals surface area (Å²) in [5.74, 6) is 11.6. The van der Waals surface area contributed by atoms with E-state index < -0.39 is 4.92 Å². The van der Waals surface area contributed by atoms with Gasteiger partial charge in [0.2, 0.25) is 5.91 Å². The van der Waals surface area contributed by atoms with E-state index in [1.54, 1.807) is 0 Å². The molecule has 5 nitrogen and oxygen atoms in total. The zero-order valence-corrected chi connectivity index (χ0v) is 21.0. The average molecular weight is 479 g/mol. The molecule has 0 fully saturated rings. The number of hydrogen-bond acceptors (Lipinski definition) is 3. The summed E-state index contributed by atoms with van der Waals surface area (Å²) in [6, 6.07) is 18.5. The zero-order valence-electron chi connectivity index (χ0n) is 21.0. The number of carbonyl (C=O) groups excluding carboxylic acids is 1. The number of nitrogens with zero attached hydrogens (tertiary/aromatic N) is 1. The van der Waals surface area contributed by atoms with Crippen molar-refractivity contribution in [3.05, 3.63) is 104 Å². The Morgan fingerprint density at radius 3 is 2.06 bits per heavy atom. The van der Waals surface area contributed by atoms with Crippen molar-refractivity contribution in [2.75, 3.05) is 5.32 Å². The molecule has 0 heterocycles. The van der Waals surface area contributed by atoms with Crippen LogP contribution < -0.4 is 5.32 Å². The molecule has 0 atom stereocenters. The molecular formula is C31H30N2O3. The van der Waals surface area contributed by atoms with E-state index in [2.05, 4.69) is 48.1 Å². The Bertz CT molecular complexity index is 1350. The normalized spacial score (nSPS) is 9.97. The Morgan fingerprint density at radius 2 is 1.47 bits per heavy atom. The van der Waals surface area contributed by atoms with Crippen LogP contribution in [0.15, 0.2) is 60.7 Å². The fourth-order valence-electron chi connectivity index (χ4n) is 3.66. The number of nitro benzene ring substituents is 1. The lowest BCUT2D eigenvalue weighted by atomic mass is 10.0. The monoisotopic (exact) mass is 478 g/mol. The highest BCUT2D eigenvalue weighted by Crippen LogP contribution is 2.27. The topological polar surface area (TPSA) is 72.2 Å². The molecule has 0 spiro atoms. The van der Waals surface area contributed by atoms with Gasteiger partial charge < -0.3 is 5.32 Å². The summed E-state index contributed by atoms with van der Waals surface area (Å²) in [7, 11) is 0. The first-order chi connectivity index (χ1) is 17.4. The predicted molar refractivity (Wildman–Crippen MR) is 145 cm³/mol. The number of benzene rings is 3. The minimum Gasteiger partial charge on any atom is -0.325 e. The summed E-state index contributed by atoms with van der Waals surface area (Å²) in [5, 5.41) is 14.6. The number of amides is 1. The van der Waals surface area contributed by atoms with Crippen molar-refractivity contribution in [3.8, 4) is 23.7 Å². The molecule has 1 N–H and O–H groups in total. The van der Waals surface area contributed by atoms with Gasteiger partial charge in [-0.3, -0.25) is 14.9 Å². The average Bonchev–Trinajstić information content (AvgIpc) is 2.86. The van der Waals surface area contributed by atoms with Gasteiger partial charge in [0.1, 0.15) is 5.56 Å². The van der Waals surface area contributed by atoms with Gasteiger partial charge in [0.25, 0.3) is 5.69 Å². The molecule has 0 aliphatic rings. The van der Waals surface area contributed by atoms with Gasteiger partial charge in [-0.15, -0.1) is 0 Å². The van der Waals surface area contributed by atoms with Crippen LogP contribution in [0.2, 0.25) is 0 Å². The highest BCUT2D eigenvalue weighted by molar-refractivity contribution is 5.91. The summed E-state index contributed by atoms with van der Waals surface area (Å²) in [6.45, 7) is 5.56. The summed E-state index contributed by atoms with van der Waals surface area (Å²) >= 11 is 0. The Kier molecular flexibility index (Phi) is 9.43. The number of rotatable bonds is 7. The molecule has 0 aliphatic heterocycles. The van der Waals surface area contributed by atoms with E-state index in [4.69, 9.17) is 0 Å². The van der Waals surface area contributed by atoms with Crippen LogP contribution in [0.5, 0.6) is 0 Å². The lowest BCUT2D eigenvalue weighted by Gasteiger charge is -2.07. The third-order valence-electron chi connectivity index (χ3n) is 5.65. The quantitative estimate of drug-likeness (QED) is 0.176. The lowest BCUT2D eigenvalue weighted by Crippen LogP contribution is -2.08. The van der Waals surface area contributed by atoms with Gasteiger partial charge in [-0.1, -0.05) is 79.7 Å². The highest BCUT2D eigenvalue weighted by Gasteiger charge is 2.17. The second-order valence-electron chi connectivity index (χ2n) is 8.73. The van der Waals surface area contributed by atoms with Crippen LogP contribution in [-0.4, -0.2) is 10.8 Å². The first-order valence-electron chi connectivity index (χ1n) is 12.2. The molecule has 0 saturated carbocycles. The third-order valence-corrected chi connectivity index (χ3v) is 5.65. The molecule has 0 aromatic heterocycles. The van der Waals surface area contributed by atoms with E-state index in [0.717, 1.165) is 29.5 Å². The van der Waals surface area contributed by atoms with Gasteiger partial charge in [0, 0.05) is 24.1 Å². The number of hydrogen-bond donors (Lipinski definition) is 1. The number of anilines is 1. The summed E-state index contributed by atoms with van der Waals surface area (Å²) in [5.41, 5.74) is 4.72. The van der Waals surface area contributed by atoms with Crippen molar-refractivity contribution in [2.24, 2.45) is 0 Å². The van der Waals surface area contributed by atoms with E-state index in [9.17, 15) is 14.9 Å². The Balaban J connectivity index is 1.91. The first-order valence-corrected chi connectivity index (χ1v) is 12.2. The number of unbranched alkanes of at least 4 members (excludes halogenated alkanes) is 3. The Hall–Kier alpha value is -4.35. The molecule has 182 valence electrons. The lowest BCUT2D eigenvalue weighted by molar-refractivity contribution is -0.385. The minimum atomic E-state index is -0.474.